The van der Waals surface area contributed by atoms with Crippen LogP contribution in [0.1, 0.15) is 35.7 Å². The number of halogens is 1. The van der Waals surface area contributed by atoms with Gasteiger partial charge in [-0.25, -0.2) is 4.98 Å². The number of nitrogen functional groups attached to an aromatic ring is 1. The predicted octanol–water partition coefficient (Wildman–Crippen LogP) is 4.13. The third-order valence-corrected chi connectivity index (χ3v) is 5.24. The van der Waals surface area contributed by atoms with Gasteiger partial charge in [-0.1, -0.05) is 23.7 Å². The summed E-state index contributed by atoms with van der Waals surface area (Å²) in [5.41, 5.74) is 9.95. The average Bonchev–Trinajstić information content (AvgIpc) is 3.20. The Morgan fingerprint density at radius 2 is 2.11 bits per heavy atom. The highest BCUT2D eigenvalue weighted by Gasteiger charge is 2.25. The van der Waals surface area contributed by atoms with Gasteiger partial charge in [0, 0.05) is 41.2 Å². The lowest BCUT2D eigenvalue weighted by atomic mass is 10.1. The van der Waals surface area contributed by atoms with Crippen LogP contribution in [-0.4, -0.2) is 25.1 Å². The Hall–Kier alpha value is -3.06. The predicted molar refractivity (Wildman–Crippen MR) is 106 cm³/mol. The zero-order valence-corrected chi connectivity index (χ0v) is 15.2. The number of fused-ring (bicyclic) bond motifs is 1. The second-order valence-corrected chi connectivity index (χ2v) is 7.21. The third-order valence-electron chi connectivity index (χ3n) is 4.84. The number of rotatable bonds is 5. The van der Waals surface area contributed by atoms with Gasteiger partial charge < -0.3 is 16.0 Å². The van der Waals surface area contributed by atoms with Crippen LogP contribution in [0.2, 0.25) is 5.02 Å². The Morgan fingerprint density at radius 3 is 2.96 bits per heavy atom. The van der Waals surface area contributed by atoms with Gasteiger partial charge in [0.25, 0.3) is 0 Å². The molecule has 0 spiro atoms. The zero-order chi connectivity index (χ0) is 18.4. The van der Waals surface area contributed by atoms with Crippen molar-refractivity contribution in [1.82, 2.24) is 25.1 Å². The quantitative estimate of drug-likeness (QED) is 0.417. The van der Waals surface area contributed by atoms with E-state index in [1.165, 1.54) is 12.8 Å². The Morgan fingerprint density at radius 1 is 1.22 bits per heavy atom. The second-order valence-electron chi connectivity index (χ2n) is 6.83. The molecule has 0 aliphatic heterocycles. The molecule has 8 heteroatoms. The lowest BCUT2D eigenvalue weighted by Crippen LogP contribution is -2.06. The molecule has 0 atom stereocenters. The maximum Gasteiger partial charge on any atom is 0.222 e. The van der Waals surface area contributed by atoms with Gasteiger partial charge in [-0.3, -0.25) is 5.10 Å². The van der Waals surface area contributed by atoms with Crippen LogP contribution >= 0.6 is 11.6 Å². The number of nitrogens with zero attached hydrogens (tertiary/aromatic N) is 3. The molecule has 0 amide bonds. The summed E-state index contributed by atoms with van der Waals surface area (Å²) in [5.74, 6) is 1.91. The van der Waals surface area contributed by atoms with Gasteiger partial charge in [0.1, 0.15) is 5.02 Å². The van der Waals surface area contributed by atoms with Crippen LogP contribution in [0.5, 0.6) is 0 Å². The van der Waals surface area contributed by atoms with Gasteiger partial charge in [-0.05, 0) is 30.5 Å². The fraction of sp³-hybridized carbons (Fsp3) is 0.211. The van der Waals surface area contributed by atoms with Crippen LogP contribution in [0, 0.1) is 0 Å². The molecule has 0 saturated heterocycles. The number of nitrogens with two attached hydrogens (primary N) is 1. The SMILES string of the molecule is Nc1nc(Cc2cccc3[nH]ccc23)c(Cl)c(Nc2cc(C3CC3)[nH]n2)n1. The van der Waals surface area contributed by atoms with Crippen molar-refractivity contribution in [3.8, 4) is 0 Å². The number of hydrogen-bond acceptors (Lipinski definition) is 5. The minimum Gasteiger partial charge on any atom is -0.368 e. The first-order valence-corrected chi connectivity index (χ1v) is 9.24. The largest absolute Gasteiger partial charge is 0.368 e. The summed E-state index contributed by atoms with van der Waals surface area (Å²) in [6.07, 6.45) is 4.89. The molecular formula is C19H18ClN7. The highest BCUT2D eigenvalue weighted by Crippen LogP contribution is 2.40. The topological polar surface area (TPSA) is 108 Å². The van der Waals surface area contributed by atoms with Crippen molar-refractivity contribution in [2.45, 2.75) is 25.2 Å². The van der Waals surface area contributed by atoms with Crippen LogP contribution in [0.3, 0.4) is 0 Å². The van der Waals surface area contributed by atoms with Crippen molar-refractivity contribution >= 4 is 40.1 Å². The fourth-order valence-corrected chi connectivity index (χ4v) is 3.52. The van der Waals surface area contributed by atoms with E-state index in [2.05, 4.69) is 36.5 Å². The zero-order valence-electron chi connectivity index (χ0n) is 14.5. The first kappa shape index (κ1) is 16.1. The Bertz CT molecular complexity index is 1130. The Kier molecular flexibility index (Phi) is 3.75. The Labute approximate surface area is 160 Å². The molecule has 5 rings (SSSR count). The van der Waals surface area contributed by atoms with E-state index < -0.39 is 0 Å². The van der Waals surface area contributed by atoms with Crippen LogP contribution in [0.15, 0.2) is 36.5 Å². The van der Waals surface area contributed by atoms with Gasteiger partial charge >= 0.3 is 0 Å². The molecule has 0 radical (unpaired) electrons. The first-order valence-electron chi connectivity index (χ1n) is 8.86. The van der Waals surface area contributed by atoms with E-state index in [0.717, 1.165) is 22.2 Å². The minimum absolute atomic E-state index is 0.177. The highest BCUT2D eigenvalue weighted by atomic mass is 35.5. The summed E-state index contributed by atoms with van der Waals surface area (Å²) >= 11 is 6.60. The van der Waals surface area contributed by atoms with Crippen molar-refractivity contribution in [3.63, 3.8) is 0 Å². The number of anilines is 3. The van der Waals surface area contributed by atoms with E-state index in [1.807, 2.05) is 30.5 Å². The molecule has 0 unspecified atom stereocenters. The molecule has 0 bridgehead atoms. The molecule has 3 aromatic heterocycles. The molecule has 4 aromatic rings. The van der Waals surface area contributed by atoms with Crippen LogP contribution in [0.4, 0.5) is 17.6 Å². The van der Waals surface area contributed by atoms with Gasteiger partial charge in [0.05, 0.1) is 5.69 Å². The van der Waals surface area contributed by atoms with Gasteiger partial charge in [-0.2, -0.15) is 10.1 Å². The van der Waals surface area contributed by atoms with E-state index >= 15 is 0 Å². The molecule has 1 aliphatic rings. The van der Waals surface area contributed by atoms with Gasteiger partial charge in [0.2, 0.25) is 5.95 Å². The number of hydrogen-bond donors (Lipinski definition) is 4. The van der Waals surface area contributed by atoms with Crippen molar-refractivity contribution in [3.05, 3.63) is 58.5 Å². The van der Waals surface area contributed by atoms with Crippen molar-refractivity contribution in [2.24, 2.45) is 0 Å². The molecule has 1 saturated carbocycles. The molecule has 1 aliphatic carbocycles. The number of nitrogens with one attached hydrogen (secondary N) is 3. The third kappa shape index (κ3) is 3.10. The highest BCUT2D eigenvalue weighted by molar-refractivity contribution is 6.33. The van der Waals surface area contributed by atoms with Crippen molar-refractivity contribution in [1.29, 1.82) is 0 Å². The smallest absolute Gasteiger partial charge is 0.222 e. The molecular weight excluding hydrogens is 362 g/mol. The first-order chi connectivity index (χ1) is 13.2. The summed E-state index contributed by atoms with van der Waals surface area (Å²) in [6, 6.07) is 10.1. The minimum atomic E-state index is 0.177. The number of H-pyrrole nitrogens is 2. The summed E-state index contributed by atoms with van der Waals surface area (Å²) < 4.78 is 0. The van der Waals surface area contributed by atoms with E-state index in [-0.39, 0.29) is 5.95 Å². The summed E-state index contributed by atoms with van der Waals surface area (Å²) in [7, 11) is 0. The molecule has 136 valence electrons. The Balaban J connectivity index is 1.47. The summed E-state index contributed by atoms with van der Waals surface area (Å²) in [4.78, 5) is 11.8. The van der Waals surface area contributed by atoms with E-state index in [0.29, 0.717) is 34.7 Å². The van der Waals surface area contributed by atoms with Crippen molar-refractivity contribution < 1.29 is 0 Å². The van der Waals surface area contributed by atoms with Gasteiger partial charge in [-0.15, -0.1) is 0 Å². The number of aromatic nitrogens is 5. The molecule has 5 N–H and O–H groups in total. The van der Waals surface area contributed by atoms with Crippen LogP contribution in [0.25, 0.3) is 10.9 Å². The standard InChI is InChI=1S/C19H18ClN7/c20-17-15(8-11-2-1-3-13-12(11)6-7-22-13)23-19(21)25-18(17)24-16-9-14(26-27-16)10-4-5-10/h1-3,6-7,9-10,22H,4-5,8H2,(H4,21,23,24,25,26,27). The summed E-state index contributed by atoms with van der Waals surface area (Å²) in [5, 5.41) is 12.1. The molecule has 7 nitrogen and oxygen atoms in total. The second kappa shape index (κ2) is 6.28. The van der Waals surface area contributed by atoms with E-state index in [4.69, 9.17) is 17.3 Å². The van der Waals surface area contributed by atoms with E-state index in [9.17, 15) is 0 Å². The van der Waals surface area contributed by atoms with Gasteiger partial charge in [0.15, 0.2) is 11.6 Å². The molecule has 27 heavy (non-hydrogen) atoms. The monoisotopic (exact) mass is 379 g/mol. The lowest BCUT2D eigenvalue weighted by molar-refractivity contribution is 0.966. The maximum atomic E-state index is 6.60. The normalized spacial score (nSPS) is 14.0. The average molecular weight is 380 g/mol. The van der Waals surface area contributed by atoms with Crippen LogP contribution < -0.4 is 11.1 Å². The lowest BCUT2D eigenvalue weighted by Gasteiger charge is -2.11. The number of benzene rings is 1. The molecule has 1 aromatic carbocycles. The van der Waals surface area contributed by atoms with Crippen molar-refractivity contribution in [2.75, 3.05) is 11.1 Å². The van der Waals surface area contributed by atoms with Crippen LogP contribution in [-0.2, 0) is 6.42 Å². The van der Waals surface area contributed by atoms with E-state index in [1.54, 1.807) is 0 Å². The number of aromatic amines is 2. The fourth-order valence-electron chi connectivity index (χ4n) is 3.32. The summed E-state index contributed by atoms with van der Waals surface area (Å²) in [6.45, 7) is 0. The molecule has 3 heterocycles. The molecule has 1 fully saturated rings. The maximum absolute atomic E-state index is 6.60.